The molecule has 0 amide bonds. The van der Waals surface area contributed by atoms with E-state index in [9.17, 15) is 0 Å². The van der Waals surface area contributed by atoms with Crippen LogP contribution in [0.4, 0.5) is 0 Å². The largest absolute Gasteiger partial charge is 0.357 e. The Labute approximate surface area is 174 Å². The van der Waals surface area contributed by atoms with E-state index in [-0.39, 0.29) is 24.0 Å². The van der Waals surface area contributed by atoms with Crippen molar-refractivity contribution in [3.8, 4) is 0 Å². The summed E-state index contributed by atoms with van der Waals surface area (Å²) in [5.41, 5.74) is 0. The molecule has 0 bridgehead atoms. The van der Waals surface area contributed by atoms with E-state index in [1.54, 1.807) is 11.8 Å². The number of nitrogens with one attached hydrogen (secondary N) is 2. The molecule has 0 spiro atoms. The molecule has 1 aromatic heterocycles. The Bertz CT molecular complexity index is 489. The monoisotopic (exact) mass is 482 g/mol. The number of rotatable bonds is 11. The van der Waals surface area contributed by atoms with E-state index in [0.717, 1.165) is 56.0 Å². The fourth-order valence-electron chi connectivity index (χ4n) is 2.36. The molecule has 0 radical (unpaired) electrons. The van der Waals surface area contributed by atoms with Crippen molar-refractivity contribution in [3.05, 3.63) is 5.82 Å². The minimum absolute atomic E-state index is 0. The molecule has 0 unspecified atom stereocenters. The topological polar surface area (TPSA) is 67.1 Å². The summed E-state index contributed by atoms with van der Waals surface area (Å²) in [5, 5.41) is 16.3. The Morgan fingerprint density at radius 3 is 2.56 bits per heavy atom. The van der Waals surface area contributed by atoms with Crippen LogP contribution in [0.15, 0.2) is 10.1 Å². The Morgan fingerprint density at radius 1 is 1.20 bits per heavy atom. The van der Waals surface area contributed by atoms with Crippen LogP contribution in [0, 0.1) is 5.92 Å². The first-order chi connectivity index (χ1) is 11.6. The van der Waals surface area contributed by atoms with Crippen molar-refractivity contribution < 1.29 is 0 Å². The first-order valence-electron chi connectivity index (χ1n) is 9.10. The summed E-state index contributed by atoms with van der Waals surface area (Å²) in [5.74, 6) is 2.58. The van der Waals surface area contributed by atoms with Crippen LogP contribution >= 0.6 is 35.7 Å². The van der Waals surface area contributed by atoms with Crippen molar-refractivity contribution in [2.45, 2.75) is 65.1 Å². The van der Waals surface area contributed by atoms with Gasteiger partial charge in [-0.3, -0.25) is 4.99 Å². The van der Waals surface area contributed by atoms with Gasteiger partial charge in [0, 0.05) is 32.6 Å². The molecule has 1 rings (SSSR count). The zero-order chi connectivity index (χ0) is 17.8. The summed E-state index contributed by atoms with van der Waals surface area (Å²) in [6, 6.07) is 0. The number of halogens is 1. The molecular weight excluding hydrogens is 447 g/mol. The lowest BCUT2D eigenvalue weighted by atomic mass is 10.2. The summed E-state index contributed by atoms with van der Waals surface area (Å²) >= 11 is 1.66. The van der Waals surface area contributed by atoms with Crippen molar-refractivity contribution in [2.75, 3.05) is 25.9 Å². The number of aliphatic imine (C=N–C) groups is 1. The van der Waals surface area contributed by atoms with Gasteiger partial charge in [0.1, 0.15) is 5.82 Å². The Morgan fingerprint density at radius 2 is 1.96 bits per heavy atom. The quantitative estimate of drug-likeness (QED) is 0.166. The van der Waals surface area contributed by atoms with Crippen LogP contribution in [0.5, 0.6) is 0 Å². The average Bonchev–Trinajstić information content (AvgIpc) is 2.93. The molecule has 0 aromatic carbocycles. The van der Waals surface area contributed by atoms with Crippen molar-refractivity contribution >= 4 is 41.7 Å². The van der Waals surface area contributed by atoms with Gasteiger partial charge in [-0.25, -0.2) is 0 Å². The molecule has 0 atom stereocenters. The van der Waals surface area contributed by atoms with E-state index in [1.165, 1.54) is 12.8 Å². The minimum Gasteiger partial charge on any atom is -0.357 e. The van der Waals surface area contributed by atoms with E-state index in [4.69, 9.17) is 0 Å². The van der Waals surface area contributed by atoms with Crippen molar-refractivity contribution in [1.29, 1.82) is 0 Å². The number of aromatic nitrogens is 3. The maximum absolute atomic E-state index is 4.65. The van der Waals surface area contributed by atoms with Gasteiger partial charge in [0.2, 0.25) is 0 Å². The standard InChI is InChI=1S/C17H34N6S.HI/c1-6-8-11-19-16(18-7-2)20-12-9-10-15-21-22-17(24-5)23(15)13-14(3)4;/h14H,6-13H2,1-5H3,(H2,18,19,20);1H. The number of unbranched alkanes of at least 4 members (excludes halogenated alkanes) is 1. The predicted molar refractivity (Wildman–Crippen MR) is 119 cm³/mol. The molecule has 1 heterocycles. The van der Waals surface area contributed by atoms with Crippen LogP contribution in [-0.2, 0) is 13.0 Å². The number of thioether (sulfide) groups is 1. The summed E-state index contributed by atoms with van der Waals surface area (Å²) in [6.07, 6.45) is 6.31. The smallest absolute Gasteiger partial charge is 0.191 e. The SMILES string of the molecule is CCCCNC(=NCCCc1nnc(SC)n1CC(C)C)NCC.I. The zero-order valence-corrected chi connectivity index (χ0v) is 19.5. The van der Waals surface area contributed by atoms with Crippen LogP contribution in [0.1, 0.15) is 52.8 Å². The highest BCUT2D eigenvalue weighted by Gasteiger charge is 2.12. The van der Waals surface area contributed by atoms with Gasteiger partial charge in [0.25, 0.3) is 0 Å². The fourth-order valence-corrected chi connectivity index (χ4v) is 2.88. The van der Waals surface area contributed by atoms with Crippen molar-refractivity contribution in [3.63, 3.8) is 0 Å². The third-order valence-electron chi connectivity index (χ3n) is 3.52. The van der Waals surface area contributed by atoms with Gasteiger partial charge in [-0.2, -0.15) is 0 Å². The highest BCUT2D eigenvalue weighted by atomic mass is 127. The Balaban J connectivity index is 0.00000576. The Kier molecular flexibility index (Phi) is 14.3. The number of hydrogen-bond donors (Lipinski definition) is 2. The molecule has 146 valence electrons. The molecule has 0 saturated carbocycles. The summed E-state index contributed by atoms with van der Waals surface area (Å²) in [4.78, 5) is 4.65. The van der Waals surface area contributed by atoms with E-state index in [2.05, 4.69) is 64.3 Å². The third kappa shape index (κ3) is 9.67. The minimum atomic E-state index is 0. The molecule has 0 aliphatic rings. The van der Waals surface area contributed by atoms with Gasteiger partial charge in [-0.15, -0.1) is 34.2 Å². The van der Waals surface area contributed by atoms with Crippen LogP contribution in [0.25, 0.3) is 0 Å². The van der Waals surface area contributed by atoms with Gasteiger partial charge in [0.15, 0.2) is 11.1 Å². The van der Waals surface area contributed by atoms with Gasteiger partial charge < -0.3 is 15.2 Å². The lowest BCUT2D eigenvalue weighted by Crippen LogP contribution is -2.37. The third-order valence-corrected chi connectivity index (χ3v) is 4.19. The molecule has 8 heteroatoms. The lowest BCUT2D eigenvalue weighted by molar-refractivity contribution is 0.477. The molecule has 0 saturated heterocycles. The van der Waals surface area contributed by atoms with E-state index in [0.29, 0.717) is 5.92 Å². The first-order valence-corrected chi connectivity index (χ1v) is 10.3. The summed E-state index contributed by atoms with van der Waals surface area (Å²) in [7, 11) is 0. The molecule has 6 nitrogen and oxygen atoms in total. The van der Waals surface area contributed by atoms with Crippen LogP contribution in [0.3, 0.4) is 0 Å². The van der Waals surface area contributed by atoms with Gasteiger partial charge >= 0.3 is 0 Å². The van der Waals surface area contributed by atoms with E-state index < -0.39 is 0 Å². The number of guanidine groups is 1. The number of nitrogens with zero attached hydrogens (tertiary/aromatic N) is 4. The van der Waals surface area contributed by atoms with E-state index >= 15 is 0 Å². The molecule has 1 aromatic rings. The maximum atomic E-state index is 4.65. The summed E-state index contributed by atoms with van der Waals surface area (Å²) in [6.45, 7) is 12.4. The molecule has 0 fully saturated rings. The molecular formula is C17H35IN6S. The van der Waals surface area contributed by atoms with Crippen molar-refractivity contribution in [2.24, 2.45) is 10.9 Å². The number of hydrogen-bond acceptors (Lipinski definition) is 4. The molecule has 0 aliphatic heterocycles. The van der Waals surface area contributed by atoms with E-state index in [1.807, 2.05) is 0 Å². The lowest BCUT2D eigenvalue weighted by Gasteiger charge is -2.12. The first kappa shape index (κ1) is 24.5. The van der Waals surface area contributed by atoms with Gasteiger partial charge in [0.05, 0.1) is 0 Å². The van der Waals surface area contributed by atoms with Crippen molar-refractivity contribution in [1.82, 2.24) is 25.4 Å². The highest BCUT2D eigenvalue weighted by Crippen LogP contribution is 2.16. The number of aryl methyl sites for hydroxylation is 1. The second kappa shape index (κ2) is 14.6. The fraction of sp³-hybridized carbons (Fsp3) is 0.824. The Hall–Kier alpha value is -0.510. The molecule has 25 heavy (non-hydrogen) atoms. The molecule has 0 aliphatic carbocycles. The second-order valence-electron chi connectivity index (χ2n) is 6.25. The van der Waals surface area contributed by atoms with Crippen LogP contribution in [-0.4, -0.2) is 46.6 Å². The highest BCUT2D eigenvalue weighted by molar-refractivity contribution is 14.0. The summed E-state index contributed by atoms with van der Waals surface area (Å²) < 4.78 is 2.25. The van der Waals surface area contributed by atoms with Gasteiger partial charge in [-0.1, -0.05) is 39.0 Å². The van der Waals surface area contributed by atoms with Crippen LogP contribution < -0.4 is 10.6 Å². The van der Waals surface area contributed by atoms with Crippen LogP contribution in [0.2, 0.25) is 0 Å². The zero-order valence-electron chi connectivity index (χ0n) is 16.3. The second-order valence-corrected chi connectivity index (χ2v) is 7.03. The predicted octanol–water partition coefficient (Wildman–Crippen LogP) is 3.56. The average molecular weight is 482 g/mol. The molecule has 2 N–H and O–H groups in total. The maximum Gasteiger partial charge on any atom is 0.191 e. The normalized spacial score (nSPS) is 11.5. The van der Waals surface area contributed by atoms with Gasteiger partial charge in [-0.05, 0) is 31.9 Å².